The molecular formula is C20H26N4O5S. The summed E-state index contributed by atoms with van der Waals surface area (Å²) < 4.78 is 35.5. The van der Waals surface area contributed by atoms with Crippen molar-refractivity contribution in [3.05, 3.63) is 41.5 Å². The van der Waals surface area contributed by atoms with Gasteiger partial charge in [-0.15, -0.1) is 0 Å². The van der Waals surface area contributed by atoms with E-state index in [2.05, 4.69) is 10.1 Å². The van der Waals surface area contributed by atoms with Crippen LogP contribution in [0.5, 0.6) is 5.75 Å². The van der Waals surface area contributed by atoms with Gasteiger partial charge < -0.3 is 14.2 Å². The number of para-hydroxylation sites is 1. The molecule has 9 nitrogen and oxygen atoms in total. The molecule has 30 heavy (non-hydrogen) atoms. The summed E-state index contributed by atoms with van der Waals surface area (Å²) in [5, 5.41) is 4.07. The Balaban J connectivity index is 1.29. The molecule has 0 N–H and O–H groups in total. The van der Waals surface area contributed by atoms with Gasteiger partial charge in [0.2, 0.25) is 21.8 Å². The van der Waals surface area contributed by atoms with Gasteiger partial charge in [-0.3, -0.25) is 4.79 Å². The average molecular weight is 435 g/mol. The quantitative estimate of drug-likeness (QED) is 0.674. The third-order valence-electron chi connectivity index (χ3n) is 5.84. The SMILES string of the molecule is COc1ccccc1Cc1noc(C2CN(C(=O)C3CCN(S(C)(=O)=O)CC3)C2)n1. The van der Waals surface area contributed by atoms with Gasteiger partial charge in [-0.25, -0.2) is 12.7 Å². The van der Waals surface area contributed by atoms with Crippen LogP contribution in [0.25, 0.3) is 0 Å². The molecule has 2 fully saturated rings. The largest absolute Gasteiger partial charge is 0.496 e. The van der Waals surface area contributed by atoms with Crippen molar-refractivity contribution in [3.8, 4) is 5.75 Å². The molecule has 2 aliphatic heterocycles. The molecule has 0 aliphatic carbocycles. The van der Waals surface area contributed by atoms with Gasteiger partial charge in [0, 0.05) is 44.1 Å². The Hall–Kier alpha value is -2.46. The summed E-state index contributed by atoms with van der Waals surface area (Å²) in [5.74, 6) is 1.94. The number of hydrogen-bond acceptors (Lipinski definition) is 7. The first-order chi connectivity index (χ1) is 14.3. The van der Waals surface area contributed by atoms with Crippen LogP contribution in [0.3, 0.4) is 0 Å². The van der Waals surface area contributed by atoms with Crippen LogP contribution in [0.2, 0.25) is 0 Å². The van der Waals surface area contributed by atoms with Crippen molar-refractivity contribution in [2.75, 3.05) is 39.5 Å². The molecule has 0 radical (unpaired) electrons. The zero-order chi connectivity index (χ0) is 21.3. The normalized spacial score (nSPS) is 18.9. The number of ether oxygens (including phenoxy) is 1. The summed E-state index contributed by atoms with van der Waals surface area (Å²) in [6.07, 6.45) is 2.86. The number of likely N-dealkylation sites (tertiary alicyclic amines) is 1. The number of methoxy groups -OCH3 is 1. The lowest BCUT2D eigenvalue weighted by Crippen LogP contribution is -2.52. The lowest BCUT2D eigenvalue weighted by Gasteiger charge is -2.40. The molecule has 0 atom stereocenters. The highest BCUT2D eigenvalue weighted by atomic mass is 32.2. The van der Waals surface area contributed by atoms with E-state index in [0.717, 1.165) is 11.3 Å². The molecule has 0 bridgehead atoms. The minimum atomic E-state index is -3.18. The number of aromatic nitrogens is 2. The van der Waals surface area contributed by atoms with Crippen LogP contribution in [0.1, 0.15) is 36.0 Å². The van der Waals surface area contributed by atoms with Crippen LogP contribution in [0, 0.1) is 5.92 Å². The van der Waals surface area contributed by atoms with Crippen molar-refractivity contribution < 1.29 is 22.5 Å². The summed E-state index contributed by atoms with van der Waals surface area (Å²) >= 11 is 0. The second kappa shape index (κ2) is 8.35. The number of benzene rings is 1. The molecule has 1 aromatic carbocycles. The van der Waals surface area contributed by atoms with Gasteiger partial charge in [0.15, 0.2) is 5.82 Å². The van der Waals surface area contributed by atoms with E-state index in [0.29, 0.717) is 57.2 Å². The van der Waals surface area contributed by atoms with Crippen LogP contribution < -0.4 is 4.74 Å². The van der Waals surface area contributed by atoms with Gasteiger partial charge >= 0.3 is 0 Å². The smallest absolute Gasteiger partial charge is 0.233 e. The van der Waals surface area contributed by atoms with Crippen LogP contribution >= 0.6 is 0 Å². The molecule has 0 unspecified atom stereocenters. The summed E-state index contributed by atoms with van der Waals surface area (Å²) in [4.78, 5) is 19.0. The molecule has 2 aromatic rings. The van der Waals surface area contributed by atoms with Gasteiger partial charge in [-0.2, -0.15) is 4.98 Å². The predicted octanol–water partition coefficient (Wildman–Crippen LogP) is 1.27. The highest BCUT2D eigenvalue weighted by Gasteiger charge is 2.39. The number of piperidine rings is 1. The summed E-state index contributed by atoms with van der Waals surface area (Å²) in [7, 11) is -1.55. The Kier molecular flexibility index (Phi) is 5.79. The van der Waals surface area contributed by atoms with Crippen LogP contribution in [0.15, 0.2) is 28.8 Å². The third kappa shape index (κ3) is 4.34. The van der Waals surface area contributed by atoms with Gasteiger partial charge in [-0.05, 0) is 18.9 Å². The second-order valence-electron chi connectivity index (χ2n) is 7.91. The Bertz CT molecular complexity index is 1010. The van der Waals surface area contributed by atoms with Crippen molar-refractivity contribution in [2.45, 2.75) is 25.2 Å². The Labute approximate surface area is 176 Å². The monoisotopic (exact) mass is 434 g/mol. The van der Waals surface area contributed by atoms with Crippen LogP contribution in [0.4, 0.5) is 0 Å². The highest BCUT2D eigenvalue weighted by molar-refractivity contribution is 7.88. The Morgan fingerprint density at radius 2 is 1.93 bits per heavy atom. The predicted molar refractivity (Wildman–Crippen MR) is 109 cm³/mol. The average Bonchev–Trinajstić information content (AvgIpc) is 3.14. The molecular weight excluding hydrogens is 408 g/mol. The van der Waals surface area contributed by atoms with Gasteiger partial charge in [-0.1, -0.05) is 23.4 Å². The van der Waals surface area contributed by atoms with E-state index in [-0.39, 0.29) is 17.7 Å². The summed E-state index contributed by atoms with van der Waals surface area (Å²) in [5.41, 5.74) is 0.984. The van der Waals surface area contributed by atoms with Crippen molar-refractivity contribution in [2.24, 2.45) is 5.92 Å². The lowest BCUT2D eigenvalue weighted by atomic mass is 9.92. The number of sulfonamides is 1. The maximum atomic E-state index is 12.7. The molecule has 1 amide bonds. The fourth-order valence-electron chi connectivity index (χ4n) is 4.03. The molecule has 4 rings (SSSR count). The molecule has 162 valence electrons. The summed E-state index contributed by atoms with van der Waals surface area (Å²) in [6, 6.07) is 7.71. The van der Waals surface area contributed by atoms with E-state index < -0.39 is 10.0 Å². The minimum Gasteiger partial charge on any atom is -0.496 e. The minimum absolute atomic E-state index is 0.0453. The number of nitrogens with zero attached hydrogens (tertiary/aromatic N) is 4. The zero-order valence-electron chi connectivity index (χ0n) is 17.2. The Morgan fingerprint density at radius 3 is 2.60 bits per heavy atom. The Morgan fingerprint density at radius 1 is 1.23 bits per heavy atom. The number of carbonyl (C=O) groups is 1. The topological polar surface area (TPSA) is 106 Å². The number of carbonyl (C=O) groups excluding carboxylic acids is 1. The number of rotatable bonds is 6. The van der Waals surface area contributed by atoms with E-state index in [9.17, 15) is 13.2 Å². The maximum absolute atomic E-state index is 12.7. The van der Waals surface area contributed by atoms with Crippen LogP contribution in [-0.4, -0.2) is 73.2 Å². The van der Waals surface area contributed by atoms with E-state index >= 15 is 0 Å². The highest BCUT2D eigenvalue weighted by Crippen LogP contribution is 2.30. The first-order valence-electron chi connectivity index (χ1n) is 10.0. The van der Waals surface area contributed by atoms with Crippen molar-refractivity contribution >= 4 is 15.9 Å². The summed E-state index contributed by atoms with van der Waals surface area (Å²) in [6.45, 7) is 1.92. The van der Waals surface area contributed by atoms with Gasteiger partial charge in [0.05, 0.1) is 19.3 Å². The molecule has 0 spiro atoms. The fraction of sp³-hybridized carbons (Fsp3) is 0.550. The molecule has 0 saturated carbocycles. The molecule has 3 heterocycles. The molecule has 10 heteroatoms. The zero-order valence-corrected chi connectivity index (χ0v) is 18.0. The number of hydrogen-bond donors (Lipinski definition) is 0. The van der Waals surface area contributed by atoms with Gasteiger partial charge in [0.1, 0.15) is 5.75 Å². The van der Waals surface area contributed by atoms with Crippen LogP contribution in [-0.2, 0) is 21.2 Å². The van der Waals surface area contributed by atoms with Crippen molar-refractivity contribution in [1.29, 1.82) is 0 Å². The molecule has 1 aromatic heterocycles. The molecule has 2 saturated heterocycles. The van der Waals surface area contributed by atoms with Crippen molar-refractivity contribution in [3.63, 3.8) is 0 Å². The van der Waals surface area contributed by atoms with Gasteiger partial charge in [0.25, 0.3) is 0 Å². The van der Waals surface area contributed by atoms with Crippen molar-refractivity contribution in [1.82, 2.24) is 19.3 Å². The van der Waals surface area contributed by atoms with E-state index in [1.54, 1.807) is 12.0 Å². The molecule has 2 aliphatic rings. The fourth-order valence-corrected chi connectivity index (χ4v) is 4.91. The standard InChI is InChI=1S/C20H26N4O5S/c1-28-17-6-4-3-5-15(17)11-18-21-19(29-22-18)16-12-23(13-16)20(25)14-7-9-24(10-8-14)30(2,26)27/h3-6,14,16H,7-13H2,1-2H3. The first-order valence-corrected chi connectivity index (χ1v) is 11.9. The maximum Gasteiger partial charge on any atom is 0.233 e. The number of amides is 1. The van der Waals surface area contributed by atoms with E-state index in [1.165, 1.54) is 10.6 Å². The first kappa shape index (κ1) is 20.8. The van der Waals surface area contributed by atoms with E-state index in [1.807, 2.05) is 24.3 Å². The third-order valence-corrected chi connectivity index (χ3v) is 7.14. The lowest BCUT2D eigenvalue weighted by molar-refractivity contribution is -0.141. The second-order valence-corrected chi connectivity index (χ2v) is 9.90. The van der Waals surface area contributed by atoms with E-state index in [4.69, 9.17) is 9.26 Å².